The molecule has 0 aliphatic carbocycles. The van der Waals surface area contributed by atoms with Crippen LogP contribution in [0.2, 0.25) is 0 Å². The molecular formula is C22H22FN7O2. The van der Waals surface area contributed by atoms with Crippen molar-refractivity contribution in [2.75, 3.05) is 11.9 Å². The van der Waals surface area contributed by atoms with Gasteiger partial charge in [0, 0.05) is 30.3 Å². The third-order valence-corrected chi connectivity index (χ3v) is 5.37. The van der Waals surface area contributed by atoms with Gasteiger partial charge >= 0.3 is 0 Å². The lowest BCUT2D eigenvalue weighted by atomic mass is 10.1. The molecule has 10 heteroatoms. The van der Waals surface area contributed by atoms with Crippen molar-refractivity contribution in [1.82, 2.24) is 24.9 Å². The van der Waals surface area contributed by atoms with Crippen LogP contribution in [0.4, 0.5) is 10.2 Å². The van der Waals surface area contributed by atoms with Crippen LogP contribution in [0.3, 0.4) is 0 Å². The van der Waals surface area contributed by atoms with Crippen molar-refractivity contribution in [3.63, 3.8) is 0 Å². The average molecular weight is 435 g/mol. The second-order valence-corrected chi connectivity index (χ2v) is 7.74. The Bertz CT molecular complexity index is 1210. The van der Waals surface area contributed by atoms with Crippen LogP contribution in [0, 0.1) is 11.7 Å². The fourth-order valence-corrected chi connectivity index (χ4v) is 3.54. The maximum absolute atomic E-state index is 14.2. The number of rotatable bonds is 8. The standard InChI is InChI=1S/C22H22FN7O2/c1-13(20-21(24)32-20)11-26-19-6-8-25-22(27-19)17-10-18(16-7-9-31-29-16)30(28-17)12-14-4-2-3-5-15(14)23/h2-10,13,20-21H,11-12,24H2,1H3,(H,25,26,27). The van der Waals surface area contributed by atoms with Crippen LogP contribution in [-0.2, 0) is 11.3 Å². The quantitative estimate of drug-likeness (QED) is 0.405. The number of hydrogen-bond donors (Lipinski definition) is 2. The number of benzene rings is 1. The van der Waals surface area contributed by atoms with Gasteiger partial charge in [0.25, 0.3) is 0 Å². The molecule has 4 heterocycles. The highest BCUT2D eigenvalue weighted by Gasteiger charge is 2.39. The Morgan fingerprint density at radius 1 is 1.22 bits per heavy atom. The molecule has 4 aromatic rings. The lowest BCUT2D eigenvalue weighted by molar-refractivity contribution is 0.332. The van der Waals surface area contributed by atoms with Crippen LogP contribution in [-0.4, -0.2) is 43.8 Å². The summed E-state index contributed by atoms with van der Waals surface area (Å²) in [4.78, 5) is 8.95. The van der Waals surface area contributed by atoms with Crippen LogP contribution in [0.25, 0.3) is 22.9 Å². The predicted molar refractivity (Wildman–Crippen MR) is 115 cm³/mol. The van der Waals surface area contributed by atoms with Crippen LogP contribution in [0.1, 0.15) is 12.5 Å². The summed E-state index contributed by atoms with van der Waals surface area (Å²) in [7, 11) is 0. The zero-order chi connectivity index (χ0) is 22.1. The monoisotopic (exact) mass is 435 g/mol. The molecule has 0 radical (unpaired) electrons. The van der Waals surface area contributed by atoms with E-state index in [2.05, 4.69) is 32.5 Å². The van der Waals surface area contributed by atoms with Crippen molar-refractivity contribution in [1.29, 1.82) is 0 Å². The van der Waals surface area contributed by atoms with Gasteiger partial charge in [0.05, 0.1) is 12.2 Å². The normalized spacial score (nSPS) is 18.5. The van der Waals surface area contributed by atoms with Gasteiger partial charge in [0.1, 0.15) is 41.6 Å². The Hall–Kier alpha value is -3.63. The maximum atomic E-state index is 14.2. The third kappa shape index (κ3) is 4.23. The van der Waals surface area contributed by atoms with Gasteiger partial charge in [-0.1, -0.05) is 30.3 Å². The number of anilines is 1. The van der Waals surface area contributed by atoms with Gasteiger partial charge < -0.3 is 20.3 Å². The molecule has 3 N–H and O–H groups in total. The minimum Gasteiger partial charge on any atom is -0.370 e. The van der Waals surface area contributed by atoms with Crippen molar-refractivity contribution in [3.8, 4) is 22.9 Å². The summed E-state index contributed by atoms with van der Waals surface area (Å²) in [6.45, 7) is 2.97. The number of ether oxygens (including phenoxy) is 1. The predicted octanol–water partition coefficient (Wildman–Crippen LogP) is 2.91. The highest BCUT2D eigenvalue weighted by molar-refractivity contribution is 5.63. The van der Waals surface area contributed by atoms with E-state index in [0.717, 1.165) is 0 Å². The number of nitrogens with zero attached hydrogens (tertiary/aromatic N) is 5. The second kappa shape index (κ2) is 8.48. The summed E-state index contributed by atoms with van der Waals surface area (Å²) in [5.74, 6) is 1.07. The van der Waals surface area contributed by atoms with Crippen LogP contribution in [0.5, 0.6) is 0 Å². The van der Waals surface area contributed by atoms with E-state index in [4.69, 9.17) is 15.0 Å². The van der Waals surface area contributed by atoms with Gasteiger partial charge in [0.2, 0.25) is 0 Å². The van der Waals surface area contributed by atoms with Crippen LogP contribution < -0.4 is 11.1 Å². The largest absolute Gasteiger partial charge is 0.370 e. The SMILES string of the molecule is CC(CNc1ccnc(-c2cc(-c3ccon3)n(Cc3ccccc3F)n2)n1)C1OC1N. The molecule has 1 fully saturated rings. The molecule has 1 saturated heterocycles. The van der Waals surface area contributed by atoms with Gasteiger partial charge in [-0.3, -0.25) is 4.68 Å². The summed E-state index contributed by atoms with van der Waals surface area (Å²) in [6.07, 6.45) is 3.04. The number of halogens is 1. The first-order chi connectivity index (χ1) is 15.6. The number of hydrogen-bond acceptors (Lipinski definition) is 8. The minimum absolute atomic E-state index is 0.0721. The van der Waals surface area contributed by atoms with E-state index < -0.39 is 0 Å². The van der Waals surface area contributed by atoms with Crippen molar-refractivity contribution in [2.24, 2.45) is 11.7 Å². The third-order valence-electron chi connectivity index (χ3n) is 5.37. The fourth-order valence-electron chi connectivity index (χ4n) is 3.54. The Balaban J connectivity index is 1.41. The van der Waals surface area contributed by atoms with E-state index in [-0.39, 0.29) is 30.6 Å². The first-order valence-electron chi connectivity index (χ1n) is 10.3. The fraction of sp³-hybridized carbons (Fsp3) is 0.273. The number of nitrogens with one attached hydrogen (secondary N) is 1. The highest BCUT2D eigenvalue weighted by atomic mass is 19.1. The molecule has 0 bridgehead atoms. The molecule has 3 atom stereocenters. The van der Waals surface area contributed by atoms with Crippen molar-refractivity contribution in [2.45, 2.75) is 25.8 Å². The van der Waals surface area contributed by atoms with E-state index in [0.29, 0.717) is 40.8 Å². The maximum Gasteiger partial charge on any atom is 0.182 e. The molecular weight excluding hydrogens is 413 g/mol. The summed E-state index contributed by atoms with van der Waals surface area (Å²) >= 11 is 0. The Labute approximate surface area is 183 Å². The molecule has 9 nitrogen and oxygen atoms in total. The van der Waals surface area contributed by atoms with Gasteiger partial charge in [-0.25, -0.2) is 14.4 Å². The highest BCUT2D eigenvalue weighted by Crippen LogP contribution is 2.27. The molecule has 5 rings (SSSR count). The van der Waals surface area contributed by atoms with Crippen LogP contribution >= 0.6 is 0 Å². The van der Waals surface area contributed by atoms with Crippen molar-refractivity contribution in [3.05, 3.63) is 66.3 Å². The van der Waals surface area contributed by atoms with Gasteiger partial charge in [-0.2, -0.15) is 5.10 Å². The second-order valence-electron chi connectivity index (χ2n) is 7.74. The van der Waals surface area contributed by atoms with Gasteiger partial charge in [-0.15, -0.1) is 0 Å². The molecule has 0 spiro atoms. The number of nitrogens with two attached hydrogens (primary N) is 1. The first-order valence-corrected chi connectivity index (χ1v) is 10.3. The lowest BCUT2D eigenvalue weighted by Crippen LogP contribution is -2.20. The summed E-state index contributed by atoms with van der Waals surface area (Å²) in [5.41, 5.74) is 8.05. The smallest absolute Gasteiger partial charge is 0.182 e. The Morgan fingerprint density at radius 3 is 2.81 bits per heavy atom. The molecule has 1 aromatic carbocycles. The topological polar surface area (TPSA) is 120 Å². The Kier molecular flexibility index (Phi) is 5.38. The van der Waals surface area contributed by atoms with E-state index in [1.54, 1.807) is 41.2 Å². The zero-order valence-electron chi connectivity index (χ0n) is 17.4. The lowest BCUT2D eigenvalue weighted by Gasteiger charge is -2.10. The molecule has 3 aromatic heterocycles. The summed E-state index contributed by atoms with van der Waals surface area (Å²) < 4.78 is 26.2. The van der Waals surface area contributed by atoms with E-state index in [1.807, 2.05) is 6.07 Å². The summed E-state index contributed by atoms with van der Waals surface area (Å²) in [6, 6.07) is 11.9. The number of epoxide rings is 1. The molecule has 0 saturated carbocycles. The zero-order valence-corrected chi connectivity index (χ0v) is 17.4. The summed E-state index contributed by atoms with van der Waals surface area (Å²) in [5, 5.41) is 11.9. The molecule has 164 valence electrons. The van der Waals surface area contributed by atoms with E-state index in [1.165, 1.54) is 12.3 Å². The van der Waals surface area contributed by atoms with Crippen molar-refractivity contribution >= 4 is 5.82 Å². The van der Waals surface area contributed by atoms with Gasteiger partial charge in [-0.05, 0) is 18.2 Å². The van der Waals surface area contributed by atoms with Crippen LogP contribution in [0.15, 0.2) is 59.4 Å². The minimum atomic E-state index is -0.299. The average Bonchev–Trinajstić information content (AvgIpc) is 3.18. The molecule has 1 aliphatic rings. The molecule has 1 aliphatic heterocycles. The number of aromatic nitrogens is 5. The Morgan fingerprint density at radius 2 is 2.06 bits per heavy atom. The van der Waals surface area contributed by atoms with Crippen molar-refractivity contribution < 1.29 is 13.7 Å². The van der Waals surface area contributed by atoms with Gasteiger partial charge in [0.15, 0.2) is 5.82 Å². The van der Waals surface area contributed by atoms with E-state index >= 15 is 0 Å². The molecule has 3 unspecified atom stereocenters. The molecule has 32 heavy (non-hydrogen) atoms. The molecule has 0 amide bonds. The first kappa shape index (κ1) is 20.3. The van der Waals surface area contributed by atoms with E-state index in [9.17, 15) is 4.39 Å².